The molecule has 4 heteroatoms. The maximum absolute atomic E-state index is 8.50. The molecule has 1 radical (unpaired) electrons. The van der Waals surface area contributed by atoms with E-state index >= 15 is 0 Å². The Morgan fingerprint density at radius 3 is 2.80 bits per heavy atom. The Hall–Kier alpha value is -1.03. The van der Waals surface area contributed by atoms with Crippen LogP contribution >= 0.6 is 0 Å². The van der Waals surface area contributed by atoms with Gasteiger partial charge in [0.05, 0.1) is 7.11 Å². The summed E-state index contributed by atoms with van der Waals surface area (Å²) in [6, 6.07) is 3.40. The second-order valence-corrected chi connectivity index (χ2v) is 1.76. The summed E-state index contributed by atoms with van der Waals surface area (Å²) in [5.74, 6) is 0.547. The van der Waals surface area contributed by atoms with E-state index in [2.05, 4.69) is 4.98 Å². The topological polar surface area (TPSA) is 42.4 Å². The number of pyridine rings is 1. The van der Waals surface area contributed by atoms with Crippen molar-refractivity contribution in [1.82, 2.24) is 4.98 Å². The molecule has 0 aliphatic heterocycles. The van der Waals surface area contributed by atoms with Gasteiger partial charge in [0.25, 0.3) is 0 Å². The standard InChI is InChI=1S/C6H7BNO2/c1-10-6-3-2-5(7-9)4-8-6/h2-4,9H,1H3. The summed E-state index contributed by atoms with van der Waals surface area (Å²) in [4.78, 5) is 3.85. The van der Waals surface area contributed by atoms with Crippen molar-refractivity contribution >= 4 is 12.9 Å². The molecule has 0 bridgehead atoms. The Morgan fingerprint density at radius 2 is 2.40 bits per heavy atom. The van der Waals surface area contributed by atoms with Crippen LogP contribution in [0.1, 0.15) is 0 Å². The minimum absolute atomic E-state index is 0.547. The van der Waals surface area contributed by atoms with Crippen molar-refractivity contribution in [2.24, 2.45) is 0 Å². The first-order valence-corrected chi connectivity index (χ1v) is 2.84. The third-order valence-corrected chi connectivity index (χ3v) is 1.12. The average Bonchev–Trinajstić information content (AvgIpc) is 2.05. The molecular formula is C6H7BNO2. The highest BCUT2D eigenvalue weighted by molar-refractivity contribution is 6.45. The summed E-state index contributed by atoms with van der Waals surface area (Å²) < 4.78 is 4.81. The van der Waals surface area contributed by atoms with Crippen molar-refractivity contribution < 1.29 is 9.76 Å². The molecule has 0 atom stereocenters. The molecule has 0 saturated carbocycles. The summed E-state index contributed by atoms with van der Waals surface area (Å²) in [7, 11) is 2.54. The van der Waals surface area contributed by atoms with Gasteiger partial charge in [-0.1, -0.05) is 6.07 Å². The minimum Gasteiger partial charge on any atom is -0.481 e. The van der Waals surface area contributed by atoms with Crippen LogP contribution in [0.4, 0.5) is 0 Å². The minimum atomic E-state index is 0.547. The molecule has 0 aromatic carbocycles. The van der Waals surface area contributed by atoms with Gasteiger partial charge in [0, 0.05) is 6.20 Å². The Morgan fingerprint density at radius 1 is 1.60 bits per heavy atom. The maximum Gasteiger partial charge on any atom is 0.328 e. The van der Waals surface area contributed by atoms with Crippen molar-refractivity contribution in [3.63, 3.8) is 0 Å². The molecule has 51 valence electrons. The normalized spacial score (nSPS) is 9.00. The van der Waals surface area contributed by atoms with Gasteiger partial charge in [-0.05, 0) is 11.5 Å². The molecule has 1 rings (SSSR count). The second kappa shape index (κ2) is 3.22. The predicted molar refractivity (Wildman–Crippen MR) is 38.4 cm³/mol. The number of nitrogens with zero attached hydrogens (tertiary/aromatic N) is 1. The zero-order valence-electron chi connectivity index (χ0n) is 5.61. The van der Waals surface area contributed by atoms with Crippen LogP contribution in [0.15, 0.2) is 18.3 Å². The van der Waals surface area contributed by atoms with E-state index < -0.39 is 0 Å². The number of hydrogen-bond donors (Lipinski definition) is 1. The summed E-state index contributed by atoms with van der Waals surface area (Å²) >= 11 is 0. The van der Waals surface area contributed by atoms with E-state index in [4.69, 9.17) is 9.76 Å². The van der Waals surface area contributed by atoms with Crippen molar-refractivity contribution in [2.45, 2.75) is 0 Å². The van der Waals surface area contributed by atoms with E-state index in [9.17, 15) is 0 Å². The van der Waals surface area contributed by atoms with E-state index in [0.717, 1.165) is 7.48 Å². The summed E-state index contributed by atoms with van der Waals surface area (Å²) in [6.45, 7) is 0. The van der Waals surface area contributed by atoms with E-state index in [-0.39, 0.29) is 0 Å². The molecule has 0 aliphatic rings. The summed E-state index contributed by atoms with van der Waals surface area (Å²) in [6.07, 6.45) is 1.53. The zero-order valence-corrected chi connectivity index (χ0v) is 5.61. The van der Waals surface area contributed by atoms with Gasteiger partial charge in [0.15, 0.2) is 0 Å². The highest BCUT2D eigenvalue weighted by Crippen LogP contribution is 1.98. The smallest absolute Gasteiger partial charge is 0.328 e. The van der Waals surface area contributed by atoms with Crippen molar-refractivity contribution in [3.05, 3.63) is 18.3 Å². The third kappa shape index (κ3) is 1.48. The fourth-order valence-corrected chi connectivity index (χ4v) is 0.589. The fraction of sp³-hybridized carbons (Fsp3) is 0.167. The number of methoxy groups -OCH3 is 1. The van der Waals surface area contributed by atoms with Gasteiger partial charge in [-0.15, -0.1) is 0 Å². The Labute approximate surface area is 59.9 Å². The van der Waals surface area contributed by atoms with Gasteiger partial charge in [-0.2, -0.15) is 0 Å². The molecule has 0 fully saturated rings. The van der Waals surface area contributed by atoms with Crippen LogP contribution in [0.25, 0.3) is 0 Å². The van der Waals surface area contributed by atoms with Gasteiger partial charge in [0.1, 0.15) is 0 Å². The number of aromatic nitrogens is 1. The molecule has 0 aliphatic carbocycles. The van der Waals surface area contributed by atoms with Gasteiger partial charge in [-0.3, -0.25) is 0 Å². The van der Waals surface area contributed by atoms with Gasteiger partial charge < -0.3 is 9.76 Å². The lowest BCUT2D eigenvalue weighted by Gasteiger charge is -1.96. The van der Waals surface area contributed by atoms with Gasteiger partial charge in [0.2, 0.25) is 5.88 Å². The molecule has 0 spiro atoms. The van der Waals surface area contributed by atoms with Crippen molar-refractivity contribution in [1.29, 1.82) is 0 Å². The van der Waals surface area contributed by atoms with E-state index in [1.54, 1.807) is 19.2 Å². The second-order valence-electron chi connectivity index (χ2n) is 1.76. The lowest BCUT2D eigenvalue weighted by molar-refractivity contribution is 0.398. The molecule has 1 aromatic rings. The average molecular weight is 136 g/mol. The quantitative estimate of drug-likeness (QED) is 0.548. The van der Waals surface area contributed by atoms with E-state index in [1.807, 2.05) is 0 Å². The highest BCUT2D eigenvalue weighted by Gasteiger charge is 1.93. The predicted octanol–water partition coefficient (Wildman–Crippen LogP) is -0.673. The van der Waals surface area contributed by atoms with Crippen LogP contribution < -0.4 is 10.2 Å². The fourth-order valence-electron chi connectivity index (χ4n) is 0.589. The van der Waals surface area contributed by atoms with Crippen molar-refractivity contribution in [2.75, 3.05) is 7.11 Å². The molecule has 0 unspecified atom stereocenters. The van der Waals surface area contributed by atoms with Crippen LogP contribution in [0.5, 0.6) is 5.88 Å². The number of rotatable bonds is 2. The molecular weight excluding hydrogens is 129 g/mol. The van der Waals surface area contributed by atoms with Crippen molar-refractivity contribution in [3.8, 4) is 5.88 Å². The van der Waals surface area contributed by atoms with Crippen LogP contribution in [0, 0.1) is 0 Å². The monoisotopic (exact) mass is 136 g/mol. The lowest BCUT2D eigenvalue weighted by atomic mass is 9.91. The molecule has 1 N–H and O–H groups in total. The molecule has 1 aromatic heterocycles. The first-order chi connectivity index (χ1) is 4.86. The molecule has 10 heavy (non-hydrogen) atoms. The molecule has 3 nitrogen and oxygen atoms in total. The van der Waals surface area contributed by atoms with E-state index in [0.29, 0.717) is 11.3 Å². The Balaban J connectivity index is 2.80. The first-order valence-electron chi connectivity index (χ1n) is 2.84. The zero-order chi connectivity index (χ0) is 7.40. The first kappa shape index (κ1) is 7.09. The van der Waals surface area contributed by atoms with Gasteiger partial charge in [-0.25, -0.2) is 4.98 Å². The Kier molecular flexibility index (Phi) is 2.28. The summed E-state index contributed by atoms with van der Waals surface area (Å²) in [5, 5.41) is 8.50. The van der Waals surface area contributed by atoms with Crippen LogP contribution in [-0.2, 0) is 0 Å². The van der Waals surface area contributed by atoms with Crippen LogP contribution in [-0.4, -0.2) is 24.6 Å². The largest absolute Gasteiger partial charge is 0.481 e. The van der Waals surface area contributed by atoms with E-state index in [1.165, 1.54) is 6.20 Å². The van der Waals surface area contributed by atoms with Gasteiger partial charge >= 0.3 is 7.48 Å². The number of ether oxygens (including phenoxy) is 1. The lowest BCUT2D eigenvalue weighted by Crippen LogP contribution is -2.13. The highest BCUT2D eigenvalue weighted by atomic mass is 16.5. The summed E-state index contributed by atoms with van der Waals surface area (Å²) in [5.41, 5.74) is 0.667. The molecule has 0 amide bonds. The SMILES string of the molecule is COc1ccc([B]O)cn1. The van der Waals surface area contributed by atoms with Crippen LogP contribution in [0.2, 0.25) is 0 Å². The number of hydrogen-bond acceptors (Lipinski definition) is 3. The molecule has 1 heterocycles. The van der Waals surface area contributed by atoms with Crippen LogP contribution in [0.3, 0.4) is 0 Å². The maximum atomic E-state index is 8.50. The Bertz CT molecular complexity index is 176. The molecule has 0 saturated heterocycles. The third-order valence-electron chi connectivity index (χ3n) is 1.12.